The summed E-state index contributed by atoms with van der Waals surface area (Å²) in [7, 11) is 1.96. The first-order chi connectivity index (χ1) is 10.0. The van der Waals surface area contributed by atoms with Crippen LogP contribution in [0.1, 0.15) is 42.4 Å². The Kier molecular flexibility index (Phi) is 5.02. The van der Waals surface area contributed by atoms with Crippen molar-refractivity contribution in [2.75, 3.05) is 7.05 Å². The average molecular weight is 287 g/mol. The van der Waals surface area contributed by atoms with Crippen LogP contribution in [-0.4, -0.2) is 16.8 Å². The van der Waals surface area contributed by atoms with Crippen LogP contribution < -0.4 is 10.1 Å². The normalized spacial score (nSPS) is 12.4. The fourth-order valence-electron chi connectivity index (χ4n) is 2.43. The molecule has 2 rings (SSSR count). The first-order valence-corrected chi connectivity index (χ1v) is 7.49. The van der Waals surface area contributed by atoms with E-state index in [9.17, 15) is 0 Å². The van der Waals surface area contributed by atoms with Crippen LogP contribution in [0, 0.1) is 13.8 Å². The van der Waals surface area contributed by atoms with Gasteiger partial charge in [0.2, 0.25) is 0 Å². The summed E-state index contributed by atoms with van der Waals surface area (Å²) < 4.78 is 8.05. The average Bonchev–Trinajstić information content (AvgIpc) is 2.85. The van der Waals surface area contributed by atoms with E-state index in [2.05, 4.69) is 55.5 Å². The van der Waals surface area contributed by atoms with Crippen LogP contribution in [0.5, 0.6) is 5.75 Å². The number of aryl methyl sites for hydroxylation is 3. The Balaban J connectivity index is 2.19. The van der Waals surface area contributed by atoms with E-state index >= 15 is 0 Å². The zero-order chi connectivity index (χ0) is 15.4. The van der Waals surface area contributed by atoms with Crippen LogP contribution in [0.15, 0.2) is 24.3 Å². The van der Waals surface area contributed by atoms with Gasteiger partial charge >= 0.3 is 0 Å². The zero-order valence-electron chi connectivity index (χ0n) is 13.6. The predicted octanol–water partition coefficient (Wildman–Crippen LogP) is 3.38. The lowest BCUT2D eigenvalue weighted by atomic mass is 10.0. The second-order valence-electron chi connectivity index (χ2n) is 5.43. The number of nitrogens with one attached hydrogen (secondary N) is 1. The Hall–Kier alpha value is -1.81. The van der Waals surface area contributed by atoms with Crippen molar-refractivity contribution in [3.8, 4) is 5.75 Å². The van der Waals surface area contributed by atoms with E-state index in [0.717, 1.165) is 23.7 Å². The number of aromatic nitrogens is 2. The molecule has 0 saturated heterocycles. The summed E-state index contributed by atoms with van der Waals surface area (Å²) in [5.74, 6) is 0.934. The molecule has 0 saturated carbocycles. The van der Waals surface area contributed by atoms with E-state index in [0.29, 0.717) is 6.61 Å². The van der Waals surface area contributed by atoms with Gasteiger partial charge in [0, 0.05) is 18.2 Å². The summed E-state index contributed by atoms with van der Waals surface area (Å²) in [6, 6.07) is 8.66. The van der Waals surface area contributed by atoms with Gasteiger partial charge < -0.3 is 10.1 Å². The highest BCUT2D eigenvalue weighted by Crippen LogP contribution is 2.27. The first kappa shape index (κ1) is 15.6. The molecule has 0 aliphatic carbocycles. The van der Waals surface area contributed by atoms with E-state index in [1.54, 1.807) is 0 Å². The van der Waals surface area contributed by atoms with Crippen molar-refractivity contribution in [2.24, 2.45) is 0 Å². The second kappa shape index (κ2) is 6.76. The predicted molar refractivity (Wildman–Crippen MR) is 85.6 cm³/mol. The smallest absolute Gasteiger partial charge is 0.130 e. The summed E-state index contributed by atoms with van der Waals surface area (Å²) in [6.45, 7) is 9.75. The molecule has 2 aromatic rings. The van der Waals surface area contributed by atoms with E-state index in [4.69, 9.17) is 4.74 Å². The fraction of sp³-hybridized carbons (Fsp3) is 0.471. The van der Waals surface area contributed by atoms with Crippen molar-refractivity contribution < 1.29 is 4.74 Å². The summed E-state index contributed by atoms with van der Waals surface area (Å²) >= 11 is 0. The Morgan fingerprint density at radius 3 is 2.71 bits per heavy atom. The molecular formula is C17H25N3O. The van der Waals surface area contributed by atoms with Crippen molar-refractivity contribution in [1.82, 2.24) is 15.1 Å². The van der Waals surface area contributed by atoms with Crippen LogP contribution in [0.4, 0.5) is 0 Å². The summed E-state index contributed by atoms with van der Waals surface area (Å²) in [6.07, 6.45) is 0. The molecule has 1 heterocycles. The molecule has 0 aliphatic rings. The van der Waals surface area contributed by atoms with Crippen LogP contribution in [0.3, 0.4) is 0 Å². The van der Waals surface area contributed by atoms with Gasteiger partial charge in [-0.2, -0.15) is 5.10 Å². The minimum atomic E-state index is 0.262. The van der Waals surface area contributed by atoms with Gasteiger partial charge in [0.25, 0.3) is 0 Å². The van der Waals surface area contributed by atoms with Crippen molar-refractivity contribution >= 4 is 0 Å². The molecule has 0 fully saturated rings. The molecule has 0 aliphatic heterocycles. The van der Waals surface area contributed by atoms with Crippen LogP contribution in [0.25, 0.3) is 0 Å². The molecule has 0 radical (unpaired) electrons. The number of hydrogen-bond donors (Lipinski definition) is 1. The Bertz CT molecular complexity index is 604. The van der Waals surface area contributed by atoms with Gasteiger partial charge in [0.1, 0.15) is 12.4 Å². The van der Waals surface area contributed by atoms with Crippen molar-refractivity contribution in [1.29, 1.82) is 0 Å². The highest BCUT2D eigenvalue weighted by molar-refractivity contribution is 5.39. The standard InChI is InChI=1S/C17H25N3O/c1-6-20-15(10-13(3)19-20)11-21-17-8-7-12(2)9-16(17)14(4)18-5/h7-10,14,18H,6,11H2,1-5H3. The Labute approximate surface area is 127 Å². The highest BCUT2D eigenvalue weighted by atomic mass is 16.5. The molecular weight excluding hydrogens is 262 g/mol. The van der Waals surface area contributed by atoms with Crippen molar-refractivity contribution in [2.45, 2.75) is 46.9 Å². The molecule has 0 bridgehead atoms. The van der Waals surface area contributed by atoms with Gasteiger partial charge in [-0.05, 0) is 46.9 Å². The summed E-state index contributed by atoms with van der Waals surface area (Å²) in [4.78, 5) is 0. The van der Waals surface area contributed by atoms with E-state index in [1.165, 1.54) is 11.1 Å². The lowest BCUT2D eigenvalue weighted by Crippen LogP contribution is -2.14. The van der Waals surface area contributed by atoms with E-state index < -0.39 is 0 Å². The Morgan fingerprint density at radius 1 is 1.29 bits per heavy atom. The number of benzene rings is 1. The molecule has 114 valence electrons. The van der Waals surface area contributed by atoms with Gasteiger partial charge in [0.05, 0.1) is 11.4 Å². The third-order valence-electron chi connectivity index (χ3n) is 3.73. The third-order valence-corrected chi connectivity index (χ3v) is 3.73. The maximum Gasteiger partial charge on any atom is 0.130 e. The van der Waals surface area contributed by atoms with Gasteiger partial charge in [-0.15, -0.1) is 0 Å². The molecule has 0 amide bonds. The maximum absolute atomic E-state index is 6.06. The fourth-order valence-corrected chi connectivity index (χ4v) is 2.43. The summed E-state index contributed by atoms with van der Waals surface area (Å²) in [5.41, 5.74) is 4.58. The highest BCUT2D eigenvalue weighted by Gasteiger charge is 2.12. The van der Waals surface area contributed by atoms with Crippen LogP contribution in [-0.2, 0) is 13.2 Å². The number of rotatable bonds is 6. The molecule has 1 N–H and O–H groups in total. The molecule has 4 heteroatoms. The Morgan fingerprint density at radius 2 is 2.05 bits per heavy atom. The number of hydrogen-bond acceptors (Lipinski definition) is 3. The van der Waals surface area contributed by atoms with Crippen molar-refractivity contribution in [3.05, 3.63) is 46.8 Å². The van der Waals surface area contributed by atoms with Gasteiger partial charge in [-0.3, -0.25) is 4.68 Å². The molecule has 1 unspecified atom stereocenters. The molecule has 1 aromatic heterocycles. The minimum Gasteiger partial charge on any atom is -0.487 e. The lowest BCUT2D eigenvalue weighted by Gasteiger charge is -2.17. The largest absolute Gasteiger partial charge is 0.487 e. The third kappa shape index (κ3) is 3.64. The molecule has 0 spiro atoms. The quantitative estimate of drug-likeness (QED) is 0.885. The van der Waals surface area contributed by atoms with Crippen LogP contribution >= 0.6 is 0 Å². The van der Waals surface area contributed by atoms with Gasteiger partial charge in [0.15, 0.2) is 0 Å². The maximum atomic E-state index is 6.06. The molecule has 21 heavy (non-hydrogen) atoms. The number of ether oxygens (including phenoxy) is 1. The lowest BCUT2D eigenvalue weighted by molar-refractivity contribution is 0.287. The summed E-state index contributed by atoms with van der Waals surface area (Å²) in [5, 5.41) is 7.73. The van der Waals surface area contributed by atoms with E-state index in [1.807, 2.05) is 18.7 Å². The first-order valence-electron chi connectivity index (χ1n) is 7.49. The molecule has 1 atom stereocenters. The van der Waals surface area contributed by atoms with Gasteiger partial charge in [-0.1, -0.05) is 17.7 Å². The monoisotopic (exact) mass is 287 g/mol. The van der Waals surface area contributed by atoms with Crippen LogP contribution in [0.2, 0.25) is 0 Å². The van der Waals surface area contributed by atoms with Gasteiger partial charge in [-0.25, -0.2) is 0 Å². The zero-order valence-corrected chi connectivity index (χ0v) is 13.6. The molecule has 4 nitrogen and oxygen atoms in total. The SMILES string of the molecule is CCn1nc(C)cc1COc1ccc(C)cc1C(C)NC. The molecule has 1 aromatic carbocycles. The second-order valence-corrected chi connectivity index (χ2v) is 5.43. The minimum absolute atomic E-state index is 0.262. The van der Waals surface area contributed by atoms with E-state index in [-0.39, 0.29) is 6.04 Å². The number of nitrogens with zero attached hydrogens (tertiary/aromatic N) is 2. The topological polar surface area (TPSA) is 39.1 Å². The van der Waals surface area contributed by atoms with Crippen molar-refractivity contribution in [3.63, 3.8) is 0 Å².